The van der Waals surface area contributed by atoms with Crippen LogP contribution in [0.25, 0.3) is 0 Å². The van der Waals surface area contributed by atoms with Crippen molar-refractivity contribution in [2.45, 2.75) is 13.8 Å². The molecular formula is C11H14N2O. The molecule has 0 aromatic heterocycles. The van der Waals surface area contributed by atoms with Gasteiger partial charge in [0.15, 0.2) is 0 Å². The van der Waals surface area contributed by atoms with Crippen LogP contribution in [0.1, 0.15) is 18.1 Å². The topological polar surface area (TPSA) is 44.2 Å². The van der Waals surface area contributed by atoms with Crippen LogP contribution in [0.5, 0.6) is 0 Å². The number of carbonyl (C=O) groups excluding carboxylic acids is 1. The van der Waals surface area contributed by atoms with Gasteiger partial charge in [-0.2, -0.15) is 0 Å². The lowest BCUT2D eigenvalue weighted by molar-refractivity contribution is -0.116. The predicted molar refractivity (Wildman–Crippen MR) is 58.1 cm³/mol. The van der Waals surface area contributed by atoms with Gasteiger partial charge < -0.3 is 10.3 Å². The third kappa shape index (κ3) is 1.99. The van der Waals surface area contributed by atoms with Gasteiger partial charge in [0.1, 0.15) is 0 Å². The second-order valence-electron chi connectivity index (χ2n) is 3.28. The number of anilines is 1. The van der Waals surface area contributed by atoms with Gasteiger partial charge in [0.05, 0.1) is 5.69 Å². The van der Waals surface area contributed by atoms with E-state index in [1.165, 1.54) is 13.1 Å². The van der Waals surface area contributed by atoms with Crippen LogP contribution >= 0.6 is 0 Å². The maximum Gasteiger partial charge on any atom is 0.223 e. The lowest BCUT2D eigenvalue weighted by atomic mass is 10.1. The lowest BCUT2D eigenvalue weighted by Crippen LogP contribution is -2.24. The lowest BCUT2D eigenvalue weighted by Gasteiger charge is -2.17. The van der Waals surface area contributed by atoms with E-state index in [1.54, 1.807) is 11.9 Å². The zero-order valence-electron chi connectivity index (χ0n) is 8.66. The Balaban J connectivity index is 3.20. The number of aryl methyl sites for hydroxylation is 1. The number of carbonyl (C=O) groups is 1. The summed E-state index contributed by atoms with van der Waals surface area (Å²) < 4.78 is 0. The monoisotopic (exact) mass is 190 g/mol. The molecule has 0 unspecified atom stereocenters. The number of benzene rings is 1. The quantitative estimate of drug-likeness (QED) is 0.712. The zero-order chi connectivity index (χ0) is 10.7. The maximum absolute atomic E-state index is 11.1. The maximum atomic E-state index is 11.1. The average molecular weight is 190 g/mol. The Labute approximate surface area is 83.9 Å². The number of hydrogen-bond acceptors (Lipinski definition) is 2. The highest BCUT2D eigenvalue weighted by Crippen LogP contribution is 2.19. The summed E-state index contributed by atoms with van der Waals surface area (Å²) in [5.74, 6) is -0.0306. The minimum absolute atomic E-state index is 0.0306. The molecule has 3 heteroatoms. The van der Waals surface area contributed by atoms with Crippen LogP contribution in [0.15, 0.2) is 18.2 Å². The van der Waals surface area contributed by atoms with Crippen LogP contribution in [0, 0.1) is 12.3 Å². The van der Waals surface area contributed by atoms with Gasteiger partial charge >= 0.3 is 0 Å². The Morgan fingerprint density at radius 2 is 2.14 bits per heavy atom. The zero-order valence-corrected chi connectivity index (χ0v) is 8.66. The molecule has 1 aromatic rings. The van der Waals surface area contributed by atoms with Crippen LogP contribution in [0.3, 0.4) is 0 Å². The summed E-state index contributed by atoms with van der Waals surface area (Å²) in [5.41, 5.74) is 2.63. The highest BCUT2D eigenvalue weighted by Gasteiger charge is 2.08. The molecule has 0 aliphatic heterocycles. The second kappa shape index (κ2) is 4.05. The molecule has 0 radical (unpaired) electrons. The Hall–Kier alpha value is -1.64. The molecule has 0 aliphatic rings. The van der Waals surface area contributed by atoms with Crippen LogP contribution in [-0.2, 0) is 4.79 Å². The molecular weight excluding hydrogens is 176 g/mol. The first-order valence-corrected chi connectivity index (χ1v) is 4.41. The van der Waals surface area contributed by atoms with Crippen molar-refractivity contribution in [1.29, 1.82) is 5.41 Å². The Morgan fingerprint density at radius 3 is 2.64 bits per heavy atom. The molecule has 0 saturated carbocycles. The molecule has 0 spiro atoms. The first-order valence-electron chi connectivity index (χ1n) is 4.41. The summed E-state index contributed by atoms with van der Waals surface area (Å²) >= 11 is 0. The van der Waals surface area contributed by atoms with Gasteiger partial charge in [-0.1, -0.05) is 11.6 Å². The smallest absolute Gasteiger partial charge is 0.223 e. The minimum atomic E-state index is -0.0306. The van der Waals surface area contributed by atoms with Crippen molar-refractivity contribution in [3.05, 3.63) is 29.3 Å². The third-order valence-corrected chi connectivity index (χ3v) is 2.17. The van der Waals surface area contributed by atoms with Gasteiger partial charge in [-0.05, 0) is 19.1 Å². The number of amides is 1. The Kier molecular flexibility index (Phi) is 3.02. The van der Waals surface area contributed by atoms with Crippen molar-refractivity contribution in [2.24, 2.45) is 0 Å². The van der Waals surface area contributed by atoms with E-state index in [4.69, 9.17) is 5.41 Å². The molecule has 0 heterocycles. The summed E-state index contributed by atoms with van der Waals surface area (Å²) in [5, 5.41) is 7.25. The number of nitrogens with zero attached hydrogens (tertiary/aromatic N) is 1. The SMILES string of the molecule is CC(=O)N(C)c1ccc(C)cc1C=N. The molecule has 0 bridgehead atoms. The summed E-state index contributed by atoms with van der Waals surface area (Å²) in [6.07, 6.45) is 1.27. The van der Waals surface area contributed by atoms with Gasteiger partial charge in [0.25, 0.3) is 0 Å². The molecule has 0 fully saturated rings. The molecule has 74 valence electrons. The highest BCUT2D eigenvalue weighted by atomic mass is 16.2. The Bertz CT molecular complexity index is 372. The second-order valence-corrected chi connectivity index (χ2v) is 3.28. The molecule has 1 aromatic carbocycles. The van der Waals surface area contributed by atoms with E-state index in [2.05, 4.69) is 0 Å². The van der Waals surface area contributed by atoms with Gasteiger partial charge in [-0.15, -0.1) is 0 Å². The van der Waals surface area contributed by atoms with Gasteiger partial charge in [-0.3, -0.25) is 4.79 Å². The number of hydrogen-bond donors (Lipinski definition) is 1. The fourth-order valence-electron chi connectivity index (χ4n) is 1.26. The van der Waals surface area contributed by atoms with Crippen LogP contribution in [-0.4, -0.2) is 19.2 Å². The predicted octanol–water partition coefficient (Wildman–Crippen LogP) is 1.98. The first kappa shape index (κ1) is 10.4. The minimum Gasteiger partial charge on any atom is -0.315 e. The molecule has 14 heavy (non-hydrogen) atoms. The summed E-state index contributed by atoms with van der Waals surface area (Å²) in [6.45, 7) is 3.47. The summed E-state index contributed by atoms with van der Waals surface area (Å²) in [6, 6.07) is 5.68. The van der Waals surface area contributed by atoms with E-state index in [0.29, 0.717) is 0 Å². The van der Waals surface area contributed by atoms with Crippen molar-refractivity contribution in [2.75, 3.05) is 11.9 Å². The molecule has 3 nitrogen and oxygen atoms in total. The Morgan fingerprint density at radius 1 is 1.50 bits per heavy atom. The van der Waals surface area contributed by atoms with Crippen molar-refractivity contribution >= 4 is 17.8 Å². The van der Waals surface area contributed by atoms with E-state index < -0.39 is 0 Å². The van der Waals surface area contributed by atoms with Crippen molar-refractivity contribution in [3.63, 3.8) is 0 Å². The fourth-order valence-corrected chi connectivity index (χ4v) is 1.26. The average Bonchev–Trinajstić information content (AvgIpc) is 2.16. The molecule has 1 amide bonds. The van der Waals surface area contributed by atoms with Crippen LogP contribution < -0.4 is 4.90 Å². The third-order valence-electron chi connectivity index (χ3n) is 2.17. The number of rotatable bonds is 2. The molecule has 0 atom stereocenters. The van der Waals surface area contributed by atoms with Gasteiger partial charge in [-0.25, -0.2) is 0 Å². The normalized spacial score (nSPS) is 9.64. The number of nitrogens with one attached hydrogen (secondary N) is 1. The van der Waals surface area contributed by atoms with Crippen LogP contribution in [0.4, 0.5) is 5.69 Å². The van der Waals surface area contributed by atoms with E-state index in [9.17, 15) is 4.79 Å². The summed E-state index contributed by atoms with van der Waals surface area (Å²) in [7, 11) is 1.71. The molecule has 0 aliphatic carbocycles. The largest absolute Gasteiger partial charge is 0.315 e. The summed E-state index contributed by atoms with van der Waals surface area (Å²) in [4.78, 5) is 12.7. The van der Waals surface area contributed by atoms with Gasteiger partial charge in [0.2, 0.25) is 5.91 Å². The van der Waals surface area contributed by atoms with E-state index >= 15 is 0 Å². The standard InChI is InChI=1S/C11H14N2O/c1-8-4-5-11(10(6-8)7-12)13(3)9(2)14/h4-7,12H,1-3H3. The van der Waals surface area contributed by atoms with Crippen molar-refractivity contribution in [3.8, 4) is 0 Å². The molecule has 1 rings (SSSR count). The van der Waals surface area contributed by atoms with Crippen molar-refractivity contribution in [1.82, 2.24) is 0 Å². The molecule has 1 N–H and O–H groups in total. The molecule has 0 saturated heterocycles. The van der Waals surface area contributed by atoms with Crippen molar-refractivity contribution < 1.29 is 4.79 Å². The van der Waals surface area contributed by atoms with E-state index in [1.807, 2.05) is 25.1 Å². The van der Waals surface area contributed by atoms with E-state index in [0.717, 1.165) is 16.8 Å². The van der Waals surface area contributed by atoms with E-state index in [-0.39, 0.29) is 5.91 Å². The first-order chi connectivity index (χ1) is 6.56. The van der Waals surface area contributed by atoms with Crippen LogP contribution in [0.2, 0.25) is 0 Å². The van der Waals surface area contributed by atoms with Gasteiger partial charge in [0, 0.05) is 25.7 Å². The highest BCUT2D eigenvalue weighted by molar-refractivity contribution is 5.97. The fraction of sp³-hybridized carbons (Fsp3) is 0.273.